The molecule has 4 aliphatic heterocycles. The van der Waals surface area contributed by atoms with Gasteiger partial charge in [-0.05, 0) is 80.4 Å². The van der Waals surface area contributed by atoms with Crippen molar-refractivity contribution in [3.8, 4) is 0 Å². The van der Waals surface area contributed by atoms with E-state index in [9.17, 15) is 13.6 Å². The minimum Gasteiger partial charge on any atom is -0.369 e. The quantitative estimate of drug-likeness (QED) is 0.359. The minimum absolute atomic E-state index is 0.0232. The van der Waals surface area contributed by atoms with Crippen LogP contribution in [0.2, 0.25) is 0 Å². The Morgan fingerprint density at radius 1 is 0.674 bits per heavy atom. The van der Waals surface area contributed by atoms with E-state index >= 15 is 0 Å². The molecule has 244 valence electrons. The molecule has 0 bridgehead atoms. The largest absolute Gasteiger partial charge is 0.369 e. The summed E-state index contributed by atoms with van der Waals surface area (Å²) in [6, 6.07) is 11.7. The van der Waals surface area contributed by atoms with Gasteiger partial charge in [0.15, 0.2) is 17.1 Å². The smallest absolute Gasteiger partial charge is 0.167 e. The van der Waals surface area contributed by atoms with E-state index in [2.05, 4.69) is 71.9 Å². The number of ketones is 1. The second-order valence-electron chi connectivity index (χ2n) is 12.1. The van der Waals surface area contributed by atoms with Crippen molar-refractivity contribution >= 4 is 49.0 Å². The van der Waals surface area contributed by atoms with Gasteiger partial charge in [0.1, 0.15) is 11.6 Å². The number of piperazine rings is 2. The fourth-order valence-corrected chi connectivity index (χ4v) is 7.14. The van der Waals surface area contributed by atoms with Crippen molar-refractivity contribution in [1.82, 2.24) is 9.80 Å². The molecule has 0 radical (unpaired) electrons. The Bertz CT molecular complexity index is 1430. The molecule has 2 aromatic rings. The van der Waals surface area contributed by atoms with Crippen molar-refractivity contribution < 1.29 is 13.6 Å². The summed E-state index contributed by atoms with van der Waals surface area (Å²) < 4.78 is 28.4. The van der Waals surface area contributed by atoms with Crippen molar-refractivity contribution in [1.29, 1.82) is 0 Å². The number of azo groups is 2. The third kappa shape index (κ3) is 6.99. The van der Waals surface area contributed by atoms with Crippen molar-refractivity contribution in [2.45, 2.75) is 36.3 Å². The number of hydrogen-bond donors (Lipinski definition) is 2. The summed E-state index contributed by atoms with van der Waals surface area (Å²) >= 11 is 7.04. The third-order valence-corrected chi connectivity index (χ3v) is 11.0. The molecule has 4 aliphatic rings. The highest BCUT2D eigenvalue weighted by Crippen LogP contribution is 2.37. The maximum atomic E-state index is 15.0. The molecule has 2 aromatic carbocycles. The molecule has 4 atom stereocenters. The lowest BCUT2D eigenvalue weighted by molar-refractivity contribution is -0.131. The van der Waals surface area contributed by atoms with Crippen LogP contribution >= 0.6 is 31.9 Å². The molecule has 6 rings (SSSR count). The van der Waals surface area contributed by atoms with Gasteiger partial charge in [-0.3, -0.25) is 14.6 Å². The van der Waals surface area contributed by atoms with Crippen LogP contribution in [0.1, 0.15) is 12.8 Å². The minimum atomic E-state index is -1.19. The molecule has 0 amide bonds. The van der Waals surface area contributed by atoms with Crippen molar-refractivity contribution in [3.63, 3.8) is 0 Å². The van der Waals surface area contributed by atoms with E-state index in [0.717, 1.165) is 11.4 Å². The Kier molecular flexibility index (Phi) is 9.78. The van der Waals surface area contributed by atoms with E-state index in [4.69, 9.17) is 11.5 Å². The van der Waals surface area contributed by atoms with Gasteiger partial charge >= 0.3 is 0 Å². The van der Waals surface area contributed by atoms with Gasteiger partial charge in [0, 0.05) is 76.6 Å². The fourth-order valence-electron chi connectivity index (χ4n) is 6.48. The molecule has 4 N–H and O–H groups in total. The van der Waals surface area contributed by atoms with Crippen LogP contribution in [0.25, 0.3) is 0 Å². The molecular weight excluding hydrogens is 726 g/mol. The van der Waals surface area contributed by atoms with Gasteiger partial charge in [0.2, 0.25) is 0 Å². The normalized spacial score (nSPS) is 26.7. The van der Waals surface area contributed by atoms with Gasteiger partial charge in [-0.15, -0.1) is 0 Å². The Morgan fingerprint density at radius 2 is 1.02 bits per heavy atom. The second-order valence-corrected chi connectivity index (χ2v) is 13.8. The lowest BCUT2D eigenvalue weighted by atomic mass is 9.88. The lowest BCUT2D eigenvalue weighted by Gasteiger charge is -2.45. The van der Waals surface area contributed by atoms with Crippen LogP contribution in [-0.4, -0.2) is 91.4 Å². The zero-order valence-corrected chi connectivity index (χ0v) is 28.3. The standard InChI is InChI=1S/C31H36Br2F2N10O/c32-27-19-38-40-30(27,36)17-25(44-13-9-42(10-14-44)23-5-1-21(34)2-6-23)29(46)26(18-31(37)28(33)20-39-41-31)45-15-11-43(12-16-45)24-7-3-22(35)4-8-24/h1-8,19-20,25-26H,9-18,36-37H2. The van der Waals surface area contributed by atoms with Crippen LogP contribution in [0, 0.1) is 11.6 Å². The predicted molar refractivity (Wildman–Crippen MR) is 180 cm³/mol. The van der Waals surface area contributed by atoms with Crippen molar-refractivity contribution in [3.05, 3.63) is 81.5 Å². The van der Waals surface area contributed by atoms with E-state index in [0.29, 0.717) is 61.3 Å². The fraction of sp³-hybridized carbons (Fsp3) is 0.452. The lowest BCUT2D eigenvalue weighted by Crippen LogP contribution is -2.62. The average molecular weight is 763 g/mol. The molecular formula is C31H36Br2F2N10O. The molecule has 15 heteroatoms. The Balaban J connectivity index is 1.26. The summed E-state index contributed by atoms with van der Waals surface area (Å²) in [5.41, 5.74) is 13.0. The number of nitrogens with zero attached hydrogens (tertiary/aromatic N) is 8. The number of rotatable bonds is 10. The first-order valence-corrected chi connectivity index (χ1v) is 16.8. The predicted octanol–water partition coefficient (Wildman–Crippen LogP) is 4.71. The second kappa shape index (κ2) is 13.6. The molecule has 2 saturated heterocycles. The van der Waals surface area contributed by atoms with Crippen molar-refractivity contribution in [2.75, 3.05) is 62.2 Å². The van der Waals surface area contributed by atoms with Crippen LogP contribution in [0.5, 0.6) is 0 Å². The monoisotopic (exact) mass is 760 g/mol. The Labute approximate surface area is 283 Å². The van der Waals surface area contributed by atoms with Gasteiger partial charge in [0.25, 0.3) is 0 Å². The zero-order chi connectivity index (χ0) is 32.5. The summed E-state index contributed by atoms with van der Waals surface area (Å²) in [4.78, 5) is 23.7. The van der Waals surface area contributed by atoms with E-state index in [1.165, 1.54) is 24.3 Å². The van der Waals surface area contributed by atoms with Gasteiger partial charge in [-0.2, -0.15) is 20.5 Å². The maximum Gasteiger partial charge on any atom is 0.167 e. The maximum absolute atomic E-state index is 15.0. The highest BCUT2D eigenvalue weighted by atomic mass is 79.9. The van der Waals surface area contributed by atoms with Gasteiger partial charge in [-0.25, -0.2) is 8.78 Å². The number of nitrogens with two attached hydrogens (primary N) is 2. The number of benzene rings is 2. The van der Waals surface area contributed by atoms with E-state index in [-0.39, 0.29) is 30.3 Å². The van der Waals surface area contributed by atoms with Crippen LogP contribution in [0.3, 0.4) is 0 Å². The first-order valence-electron chi connectivity index (χ1n) is 15.2. The highest BCUT2D eigenvalue weighted by Gasteiger charge is 2.46. The van der Waals surface area contributed by atoms with Crippen molar-refractivity contribution in [2.24, 2.45) is 31.9 Å². The first kappa shape index (κ1) is 33.0. The summed E-state index contributed by atoms with van der Waals surface area (Å²) in [6.07, 6.45) is 3.56. The van der Waals surface area contributed by atoms with Crippen LogP contribution in [0.4, 0.5) is 20.2 Å². The molecule has 0 spiro atoms. The topological polar surface area (TPSA) is 132 Å². The summed E-state index contributed by atoms with van der Waals surface area (Å²) in [5.74, 6) is -0.586. The molecule has 4 heterocycles. The van der Waals surface area contributed by atoms with Crippen LogP contribution in [-0.2, 0) is 4.79 Å². The number of Topliss-reactive ketones (excluding diaryl/α,β-unsaturated/α-hetero) is 1. The summed E-state index contributed by atoms with van der Waals surface area (Å²) in [5, 5.41) is 16.7. The molecule has 46 heavy (non-hydrogen) atoms. The Morgan fingerprint density at radius 3 is 1.33 bits per heavy atom. The molecule has 0 aromatic heterocycles. The summed E-state index contributed by atoms with van der Waals surface area (Å²) in [6.45, 7) is 4.95. The molecule has 0 saturated carbocycles. The number of hydrogen-bond acceptors (Lipinski definition) is 11. The Hall–Kier alpha value is -2.95. The van der Waals surface area contributed by atoms with E-state index in [1.54, 1.807) is 36.7 Å². The molecule has 0 aliphatic carbocycles. The highest BCUT2D eigenvalue weighted by molar-refractivity contribution is 9.12. The van der Waals surface area contributed by atoms with Crippen LogP contribution in [0.15, 0.2) is 90.4 Å². The number of carbonyl (C=O) groups is 1. The SMILES string of the molecule is NC1(CC(C(=O)C(CC2(N)N=NC=C2Br)N2CCN(c3ccc(F)cc3)CC2)N2CCN(c3ccc(F)cc3)CC2)N=NC=C1Br. The van der Waals surface area contributed by atoms with Gasteiger partial charge in [-0.1, -0.05) is 0 Å². The van der Waals surface area contributed by atoms with Crippen LogP contribution < -0.4 is 21.3 Å². The number of carbonyl (C=O) groups excluding carboxylic acids is 1. The van der Waals surface area contributed by atoms with E-state index < -0.39 is 23.4 Å². The third-order valence-electron chi connectivity index (χ3n) is 9.20. The zero-order valence-electron chi connectivity index (χ0n) is 25.2. The molecule has 11 nitrogen and oxygen atoms in total. The average Bonchev–Trinajstić information content (AvgIpc) is 3.58. The molecule has 4 unspecified atom stereocenters. The summed E-state index contributed by atoms with van der Waals surface area (Å²) in [7, 11) is 0. The number of anilines is 2. The number of halogens is 4. The van der Waals surface area contributed by atoms with E-state index in [1.807, 2.05) is 0 Å². The molecule has 2 fully saturated rings. The van der Waals surface area contributed by atoms with Gasteiger partial charge < -0.3 is 21.3 Å². The van der Waals surface area contributed by atoms with Gasteiger partial charge in [0.05, 0.1) is 33.4 Å². The first-order chi connectivity index (χ1) is 22.0.